The van der Waals surface area contributed by atoms with Crippen molar-refractivity contribution in [3.63, 3.8) is 0 Å². The number of benzene rings is 1. The molecule has 0 aliphatic carbocycles. The third kappa shape index (κ3) is 4.25. The number of aromatic nitrogens is 2. The van der Waals surface area contributed by atoms with Gasteiger partial charge in [-0.2, -0.15) is 0 Å². The molecule has 0 bridgehead atoms. The minimum absolute atomic E-state index is 0.132. The molecule has 5 heteroatoms. The fourth-order valence-electron chi connectivity index (χ4n) is 2.81. The van der Waals surface area contributed by atoms with Gasteiger partial charge in [0.2, 0.25) is 0 Å². The smallest absolute Gasteiger partial charge is 0.263 e. The van der Waals surface area contributed by atoms with Crippen LogP contribution in [0, 0.1) is 13.8 Å². The second-order valence-corrected chi connectivity index (χ2v) is 6.30. The predicted octanol–water partition coefficient (Wildman–Crippen LogP) is 2.84. The molecule has 0 saturated heterocycles. The average Bonchev–Trinajstić information content (AvgIpc) is 2.62. The number of carbonyl (C=O) groups is 1. The summed E-state index contributed by atoms with van der Waals surface area (Å²) < 4.78 is 1.55. The Morgan fingerprint density at radius 2 is 1.88 bits per heavy atom. The molecule has 2 heterocycles. The molecule has 2 aromatic heterocycles. The zero-order valence-electron chi connectivity index (χ0n) is 14.9. The van der Waals surface area contributed by atoms with Crippen molar-refractivity contribution >= 4 is 5.91 Å². The molecule has 0 aliphatic heterocycles. The molecule has 0 aliphatic rings. The van der Waals surface area contributed by atoms with Crippen LogP contribution in [0.5, 0.6) is 0 Å². The first-order valence-electron chi connectivity index (χ1n) is 8.48. The highest BCUT2D eigenvalue weighted by atomic mass is 16.2. The molecule has 5 nitrogen and oxygen atoms in total. The van der Waals surface area contributed by atoms with Crippen LogP contribution < -0.4 is 10.9 Å². The molecular formula is C21H21N3O2. The molecule has 0 atom stereocenters. The number of nitrogens with one attached hydrogen (secondary N) is 1. The van der Waals surface area contributed by atoms with Crippen molar-refractivity contribution < 1.29 is 4.79 Å². The average molecular weight is 347 g/mol. The second kappa shape index (κ2) is 7.78. The maximum atomic E-state index is 12.7. The number of pyridine rings is 2. The summed E-state index contributed by atoms with van der Waals surface area (Å²) in [6, 6.07) is 16.9. The van der Waals surface area contributed by atoms with Crippen LogP contribution in [0.2, 0.25) is 0 Å². The van der Waals surface area contributed by atoms with Crippen molar-refractivity contribution in [2.45, 2.75) is 26.9 Å². The zero-order valence-corrected chi connectivity index (χ0v) is 14.9. The van der Waals surface area contributed by atoms with E-state index in [2.05, 4.69) is 10.3 Å². The molecule has 0 radical (unpaired) electrons. The number of nitrogens with zero attached hydrogens (tertiary/aromatic N) is 2. The summed E-state index contributed by atoms with van der Waals surface area (Å²) in [6.45, 7) is 4.62. The van der Waals surface area contributed by atoms with Crippen molar-refractivity contribution in [1.29, 1.82) is 0 Å². The summed E-state index contributed by atoms with van der Waals surface area (Å²) in [5.74, 6) is -0.392. The van der Waals surface area contributed by atoms with Crippen LogP contribution in [0.1, 0.15) is 32.9 Å². The van der Waals surface area contributed by atoms with E-state index in [9.17, 15) is 9.59 Å². The monoisotopic (exact) mass is 347 g/mol. The van der Waals surface area contributed by atoms with Gasteiger partial charge in [0.25, 0.3) is 11.5 Å². The van der Waals surface area contributed by atoms with E-state index in [1.165, 1.54) is 0 Å². The third-order valence-electron chi connectivity index (χ3n) is 4.08. The Morgan fingerprint density at radius 3 is 2.65 bits per heavy atom. The molecule has 3 aromatic rings. The Hall–Kier alpha value is -3.21. The molecule has 1 N–H and O–H groups in total. The van der Waals surface area contributed by atoms with Crippen molar-refractivity contribution in [1.82, 2.24) is 14.9 Å². The number of hydrogen-bond acceptors (Lipinski definition) is 3. The molecule has 3 rings (SSSR count). The molecule has 1 aromatic carbocycles. The van der Waals surface area contributed by atoms with Gasteiger partial charge in [-0.05, 0) is 43.7 Å². The Labute approximate surface area is 152 Å². The van der Waals surface area contributed by atoms with Gasteiger partial charge in [0.15, 0.2) is 0 Å². The minimum atomic E-state index is -0.392. The van der Waals surface area contributed by atoms with Gasteiger partial charge < -0.3 is 9.88 Å². The SMILES string of the molecule is Cc1cccc(Cn2cccc(C(=O)NCc3cccc(C)n3)c2=O)c1. The first-order valence-corrected chi connectivity index (χ1v) is 8.48. The number of carbonyl (C=O) groups excluding carboxylic acids is 1. The van der Waals surface area contributed by atoms with Gasteiger partial charge in [-0.1, -0.05) is 35.9 Å². The van der Waals surface area contributed by atoms with E-state index >= 15 is 0 Å². The standard InChI is InChI=1S/C21H21N3O2/c1-15-6-3-8-17(12-15)14-24-11-5-10-19(21(24)26)20(25)22-13-18-9-4-7-16(2)23-18/h3-12H,13-14H2,1-2H3,(H,22,25). The zero-order chi connectivity index (χ0) is 18.5. The van der Waals surface area contributed by atoms with Crippen LogP contribution in [0.25, 0.3) is 0 Å². The van der Waals surface area contributed by atoms with Gasteiger partial charge in [-0.15, -0.1) is 0 Å². The molecule has 0 spiro atoms. The number of rotatable bonds is 5. The van der Waals surface area contributed by atoms with Crippen LogP contribution in [-0.4, -0.2) is 15.5 Å². The van der Waals surface area contributed by atoms with Gasteiger partial charge >= 0.3 is 0 Å². The van der Waals surface area contributed by atoms with Crippen molar-refractivity contribution in [2.24, 2.45) is 0 Å². The maximum Gasteiger partial charge on any atom is 0.263 e. The molecule has 132 valence electrons. The summed E-state index contributed by atoms with van der Waals surface area (Å²) >= 11 is 0. The summed E-state index contributed by atoms with van der Waals surface area (Å²) in [6.07, 6.45) is 1.70. The summed E-state index contributed by atoms with van der Waals surface area (Å²) in [5, 5.41) is 2.77. The van der Waals surface area contributed by atoms with E-state index in [0.717, 1.165) is 22.5 Å². The lowest BCUT2D eigenvalue weighted by molar-refractivity contribution is 0.0948. The largest absolute Gasteiger partial charge is 0.346 e. The molecular weight excluding hydrogens is 326 g/mol. The van der Waals surface area contributed by atoms with Crippen molar-refractivity contribution in [3.8, 4) is 0 Å². The Morgan fingerprint density at radius 1 is 1.08 bits per heavy atom. The lowest BCUT2D eigenvalue weighted by atomic mass is 10.1. The number of amides is 1. The summed E-state index contributed by atoms with van der Waals surface area (Å²) in [4.78, 5) is 29.4. The Kier molecular flexibility index (Phi) is 5.27. The molecule has 0 saturated carbocycles. The molecule has 0 fully saturated rings. The number of hydrogen-bond donors (Lipinski definition) is 1. The Balaban J connectivity index is 1.75. The predicted molar refractivity (Wildman–Crippen MR) is 101 cm³/mol. The molecule has 26 heavy (non-hydrogen) atoms. The summed E-state index contributed by atoms with van der Waals surface area (Å²) in [5.41, 5.74) is 3.63. The van der Waals surface area contributed by atoms with E-state index in [1.807, 2.05) is 56.3 Å². The second-order valence-electron chi connectivity index (χ2n) is 6.30. The van der Waals surface area contributed by atoms with E-state index in [4.69, 9.17) is 0 Å². The lowest BCUT2D eigenvalue weighted by Crippen LogP contribution is -2.32. The van der Waals surface area contributed by atoms with Crippen LogP contribution >= 0.6 is 0 Å². The quantitative estimate of drug-likeness (QED) is 0.772. The normalized spacial score (nSPS) is 10.5. The summed E-state index contributed by atoms with van der Waals surface area (Å²) in [7, 11) is 0. The first kappa shape index (κ1) is 17.6. The molecule has 0 unspecified atom stereocenters. The van der Waals surface area contributed by atoms with Crippen LogP contribution in [0.15, 0.2) is 65.6 Å². The molecule has 1 amide bonds. The van der Waals surface area contributed by atoms with Gasteiger partial charge in [-0.25, -0.2) is 0 Å². The van der Waals surface area contributed by atoms with E-state index in [0.29, 0.717) is 6.54 Å². The Bertz CT molecular complexity index is 992. The van der Waals surface area contributed by atoms with Gasteiger partial charge in [0.05, 0.1) is 18.8 Å². The van der Waals surface area contributed by atoms with Gasteiger partial charge in [0.1, 0.15) is 5.56 Å². The van der Waals surface area contributed by atoms with Crippen molar-refractivity contribution in [2.75, 3.05) is 0 Å². The minimum Gasteiger partial charge on any atom is -0.346 e. The third-order valence-corrected chi connectivity index (χ3v) is 4.08. The van der Waals surface area contributed by atoms with Crippen LogP contribution in [0.4, 0.5) is 0 Å². The van der Waals surface area contributed by atoms with Crippen molar-refractivity contribution in [3.05, 3.63) is 99.2 Å². The van der Waals surface area contributed by atoms with E-state index in [1.54, 1.807) is 22.9 Å². The number of aryl methyl sites for hydroxylation is 2. The van der Waals surface area contributed by atoms with Crippen LogP contribution in [-0.2, 0) is 13.1 Å². The highest BCUT2D eigenvalue weighted by molar-refractivity contribution is 5.93. The maximum absolute atomic E-state index is 12.7. The van der Waals surface area contributed by atoms with Gasteiger partial charge in [-0.3, -0.25) is 14.6 Å². The van der Waals surface area contributed by atoms with E-state index in [-0.39, 0.29) is 17.7 Å². The van der Waals surface area contributed by atoms with Gasteiger partial charge in [0, 0.05) is 11.9 Å². The fourth-order valence-corrected chi connectivity index (χ4v) is 2.81. The highest BCUT2D eigenvalue weighted by Crippen LogP contribution is 2.06. The highest BCUT2D eigenvalue weighted by Gasteiger charge is 2.12. The lowest BCUT2D eigenvalue weighted by Gasteiger charge is -2.09. The van der Waals surface area contributed by atoms with Crippen LogP contribution in [0.3, 0.4) is 0 Å². The first-order chi connectivity index (χ1) is 12.5. The topological polar surface area (TPSA) is 64.0 Å². The fraction of sp³-hybridized carbons (Fsp3) is 0.190. The van der Waals surface area contributed by atoms with E-state index < -0.39 is 5.91 Å².